The second-order valence-corrected chi connectivity index (χ2v) is 8.93. The van der Waals surface area contributed by atoms with Gasteiger partial charge >= 0.3 is 0 Å². The van der Waals surface area contributed by atoms with E-state index in [0.717, 1.165) is 27.8 Å². The Morgan fingerprint density at radius 3 is 2.56 bits per heavy atom. The monoisotopic (exact) mass is 493 g/mol. The number of carbonyl (C=O) groups excluding carboxylic acids is 1. The van der Waals surface area contributed by atoms with Crippen LogP contribution in [0.5, 0.6) is 17.2 Å². The summed E-state index contributed by atoms with van der Waals surface area (Å²) in [7, 11) is 3.59. The second-order valence-electron chi connectivity index (χ2n) is 8.12. The highest BCUT2D eigenvalue weighted by atomic mass is 35.5. The molecule has 0 saturated carbocycles. The van der Waals surface area contributed by atoms with Crippen LogP contribution in [-0.4, -0.2) is 17.5 Å². The van der Waals surface area contributed by atoms with Gasteiger partial charge in [-0.25, -0.2) is 0 Å². The lowest BCUT2D eigenvalue weighted by molar-refractivity contribution is 0.101. The third-order valence-corrected chi connectivity index (χ3v) is 6.61. The number of fused-ring (bicyclic) bond motifs is 2. The van der Waals surface area contributed by atoms with Crippen molar-refractivity contribution in [1.82, 2.24) is 4.57 Å². The van der Waals surface area contributed by atoms with Gasteiger partial charge in [-0.05, 0) is 55.0 Å². The summed E-state index contributed by atoms with van der Waals surface area (Å²) in [4.78, 5) is 13.2. The molecule has 0 bridgehead atoms. The highest BCUT2D eigenvalue weighted by molar-refractivity contribution is 6.35. The summed E-state index contributed by atoms with van der Waals surface area (Å²) in [6, 6.07) is 14.7. The zero-order valence-corrected chi connectivity index (χ0v) is 20.3. The van der Waals surface area contributed by atoms with Crippen LogP contribution in [0.4, 0.5) is 0 Å². The summed E-state index contributed by atoms with van der Waals surface area (Å²) >= 11 is 12.5. The van der Waals surface area contributed by atoms with Crippen LogP contribution in [0.2, 0.25) is 10.0 Å². The minimum Gasteiger partial charge on any atom is -0.497 e. The van der Waals surface area contributed by atoms with Gasteiger partial charge in [0.05, 0.1) is 12.7 Å². The Kier molecular flexibility index (Phi) is 5.76. The zero-order valence-electron chi connectivity index (χ0n) is 18.8. The zero-order chi connectivity index (χ0) is 24.0. The number of Topliss-reactive ketones (excluding diaryl/α,β-unsaturated/α-hetero) is 1. The number of hydrogen-bond acceptors (Lipinski definition) is 4. The number of allylic oxidation sites excluding steroid dienone is 1. The maximum absolute atomic E-state index is 13.2. The Bertz CT molecular complexity index is 1470. The van der Waals surface area contributed by atoms with Crippen molar-refractivity contribution in [2.45, 2.75) is 13.5 Å². The van der Waals surface area contributed by atoms with Gasteiger partial charge < -0.3 is 18.8 Å². The van der Waals surface area contributed by atoms with E-state index in [0.29, 0.717) is 32.7 Å². The van der Waals surface area contributed by atoms with E-state index in [1.165, 1.54) is 0 Å². The maximum atomic E-state index is 13.2. The van der Waals surface area contributed by atoms with Crippen LogP contribution in [0.15, 0.2) is 60.5 Å². The number of ketones is 1. The fraction of sp³-hybridized carbons (Fsp3) is 0.148. The number of halogens is 2. The number of rotatable bonds is 5. The molecule has 172 valence electrons. The van der Waals surface area contributed by atoms with E-state index < -0.39 is 0 Å². The number of methoxy groups -OCH3 is 1. The Morgan fingerprint density at radius 2 is 1.82 bits per heavy atom. The first kappa shape index (κ1) is 22.4. The van der Waals surface area contributed by atoms with Crippen LogP contribution < -0.4 is 14.2 Å². The molecule has 3 aromatic carbocycles. The Balaban J connectivity index is 1.45. The van der Waals surface area contributed by atoms with Crippen molar-refractivity contribution < 1.29 is 19.0 Å². The van der Waals surface area contributed by atoms with Gasteiger partial charge in [-0.2, -0.15) is 0 Å². The lowest BCUT2D eigenvalue weighted by Crippen LogP contribution is -2.00. The molecule has 1 aliphatic heterocycles. The summed E-state index contributed by atoms with van der Waals surface area (Å²) in [5.41, 5.74) is 3.90. The molecular weight excluding hydrogens is 473 g/mol. The van der Waals surface area contributed by atoms with Gasteiger partial charge in [0, 0.05) is 51.4 Å². The molecule has 2 heterocycles. The lowest BCUT2D eigenvalue weighted by Gasteiger charge is -2.11. The minimum atomic E-state index is -0.159. The summed E-state index contributed by atoms with van der Waals surface area (Å²) in [6.07, 6.45) is 3.74. The van der Waals surface area contributed by atoms with Crippen LogP contribution in [0.3, 0.4) is 0 Å². The van der Waals surface area contributed by atoms with E-state index in [1.54, 1.807) is 37.5 Å². The van der Waals surface area contributed by atoms with Gasteiger partial charge in [-0.3, -0.25) is 4.79 Å². The lowest BCUT2D eigenvalue weighted by atomic mass is 10.0. The van der Waals surface area contributed by atoms with Crippen LogP contribution in [0.1, 0.15) is 27.0 Å². The van der Waals surface area contributed by atoms with Crippen LogP contribution in [0.25, 0.3) is 17.0 Å². The number of benzene rings is 3. The van der Waals surface area contributed by atoms with Crippen molar-refractivity contribution in [2.24, 2.45) is 7.05 Å². The van der Waals surface area contributed by atoms with Crippen molar-refractivity contribution in [3.05, 3.63) is 92.8 Å². The minimum absolute atomic E-state index is 0.159. The number of carbonyl (C=O) groups is 1. The molecule has 4 aromatic rings. The molecule has 0 spiro atoms. The normalized spacial score (nSPS) is 13.9. The first-order valence-electron chi connectivity index (χ1n) is 10.6. The summed E-state index contributed by atoms with van der Waals surface area (Å²) in [5, 5.41) is 2.04. The molecule has 1 aliphatic rings. The van der Waals surface area contributed by atoms with Crippen LogP contribution in [-0.2, 0) is 13.7 Å². The molecular formula is C27H21Cl2NO4. The van der Waals surface area contributed by atoms with E-state index in [9.17, 15) is 4.79 Å². The molecule has 0 fully saturated rings. The largest absolute Gasteiger partial charge is 0.497 e. The Morgan fingerprint density at radius 1 is 1.06 bits per heavy atom. The summed E-state index contributed by atoms with van der Waals surface area (Å²) in [5.74, 6) is 1.88. The second kappa shape index (κ2) is 8.75. The Hall–Kier alpha value is -3.41. The molecule has 7 heteroatoms. The average molecular weight is 494 g/mol. The molecule has 1 aromatic heterocycles. The Labute approximate surface area is 207 Å². The summed E-state index contributed by atoms with van der Waals surface area (Å²) < 4.78 is 19.3. The smallest absolute Gasteiger partial charge is 0.232 e. The van der Waals surface area contributed by atoms with E-state index in [4.69, 9.17) is 37.4 Å². The fourth-order valence-corrected chi connectivity index (χ4v) is 4.68. The molecule has 5 nitrogen and oxygen atoms in total. The highest BCUT2D eigenvalue weighted by Crippen LogP contribution is 2.39. The summed E-state index contributed by atoms with van der Waals surface area (Å²) in [6.45, 7) is 2.06. The van der Waals surface area contributed by atoms with Crippen molar-refractivity contribution in [1.29, 1.82) is 0 Å². The van der Waals surface area contributed by atoms with E-state index in [1.807, 2.05) is 49.0 Å². The number of aryl methyl sites for hydroxylation is 2. The topological polar surface area (TPSA) is 49.7 Å². The van der Waals surface area contributed by atoms with Gasteiger partial charge in [-0.15, -0.1) is 0 Å². The fourth-order valence-electron chi connectivity index (χ4n) is 4.17. The van der Waals surface area contributed by atoms with Crippen LogP contribution in [0, 0.1) is 6.92 Å². The van der Waals surface area contributed by atoms with E-state index in [-0.39, 0.29) is 18.1 Å². The average Bonchev–Trinajstić information content (AvgIpc) is 3.29. The number of hydrogen-bond donors (Lipinski definition) is 0. The number of aromatic nitrogens is 1. The first-order chi connectivity index (χ1) is 16.4. The molecule has 0 saturated heterocycles. The molecule has 0 aliphatic carbocycles. The first-order valence-corrected chi connectivity index (χ1v) is 11.4. The number of ether oxygens (including phenoxy) is 3. The molecule has 0 amide bonds. The van der Waals surface area contributed by atoms with Gasteiger partial charge in [0.2, 0.25) is 5.78 Å². The van der Waals surface area contributed by atoms with Crippen molar-refractivity contribution >= 4 is 46.0 Å². The van der Waals surface area contributed by atoms with Crippen molar-refractivity contribution in [3.8, 4) is 17.2 Å². The van der Waals surface area contributed by atoms with Gasteiger partial charge in [-0.1, -0.05) is 29.3 Å². The van der Waals surface area contributed by atoms with E-state index in [2.05, 4.69) is 0 Å². The van der Waals surface area contributed by atoms with Crippen LogP contribution >= 0.6 is 23.2 Å². The standard InChI is InChI=1S/C27H21Cl2NO4/c1-15-9-18(33-14-20-21(28)5-4-6-22(20)29)12-24-26(15)27(31)25(34-24)10-16-13-30(2)23-8-7-17(32-3)11-19(16)23/h4-13H,14H2,1-3H3/b25-10-. The molecule has 0 radical (unpaired) electrons. The van der Waals surface area contributed by atoms with E-state index >= 15 is 0 Å². The van der Waals surface area contributed by atoms with Crippen molar-refractivity contribution in [3.63, 3.8) is 0 Å². The van der Waals surface area contributed by atoms with Gasteiger partial charge in [0.15, 0.2) is 5.76 Å². The maximum Gasteiger partial charge on any atom is 0.232 e. The van der Waals surface area contributed by atoms with Gasteiger partial charge in [0.1, 0.15) is 23.9 Å². The van der Waals surface area contributed by atoms with Crippen molar-refractivity contribution in [2.75, 3.05) is 7.11 Å². The molecule has 0 atom stereocenters. The third-order valence-electron chi connectivity index (χ3n) is 5.90. The number of nitrogens with zero attached hydrogens (tertiary/aromatic N) is 1. The molecule has 0 unspecified atom stereocenters. The predicted molar refractivity (Wildman–Crippen MR) is 134 cm³/mol. The molecule has 34 heavy (non-hydrogen) atoms. The quantitative estimate of drug-likeness (QED) is 0.281. The highest BCUT2D eigenvalue weighted by Gasteiger charge is 2.30. The third kappa shape index (κ3) is 3.91. The molecule has 0 N–H and O–H groups in total. The van der Waals surface area contributed by atoms with Gasteiger partial charge in [0.25, 0.3) is 0 Å². The predicted octanol–water partition coefficient (Wildman–Crippen LogP) is 7.00. The SMILES string of the molecule is COc1ccc2c(c1)c(/C=C1\Oc3cc(OCc4c(Cl)cccc4Cl)cc(C)c3C1=O)cn2C. The molecule has 5 rings (SSSR count).